The van der Waals surface area contributed by atoms with Crippen molar-refractivity contribution in [1.29, 1.82) is 0 Å². The van der Waals surface area contributed by atoms with E-state index in [4.69, 9.17) is 5.73 Å². The van der Waals surface area contributed by atoms with Crippen molar-refractivity contribution in [3.63, 3.8) is 0 Å². The maximum absolute atomic E-state index is 6.18. The Kier molecular flexibility index (Phi) is 2.99. The third kappa shape index (κ3) is 2.03. The van der Waals surface area contributed by atoms with Crippen molar-refractivity contribution in [2.75, 3.05) is 0 Å². The topological polar surface area (TPSA) is 30.9 Å². The minimum absolute atomic E-state index is 0.293. The molecule has 2 nitrogen and oxygen atoms in total. The molecule has 2 aliphatic rings. The maximum Gasteiger partial charge on any atom is 0.0312 e. The van der Waals surface area contributed by atoms with Gasteiger partial charge in [0.1, 0.15) is 0 Å². The Morgan fingerprint density at radius 2 is 2.18 bits per heavy atom. The molecule has 0 aliphatic heterocycles. The molecular weight excluding hydrogens is 208 g/mol. The van der Waals surface area contributed by atoms with Crippen LogP contribution in [0.3, 0.4) is 0 Å². The van der Waals surface area contributed by atoms with Crippen molar-refractivity contribution < 1.29 is 0 Å². The molecule has 94 valence electrons. The van der Waals surface area contributed by atoms with Gasteiger partial charge < -0.3 is 10.3 Å². The highest BCUT2D eigenvalue weighted by Gasteiger charge is 2.26. The van der Waals surface area contributed by atoms with Crippen LogP contribution in [0.15, 0.2) is 12.3 Å². The van der Waals surface area contributed by atoms with Crippen molar-refractivity contribution in [2.24, 2.45) is 17.6 Å². The highest BCUT2D eigenvalue weighted by Crippen LogP contribution is 2.35. The molecule has 0 spiro atoms. The van der Waals surface area contributed by atoms with Crippen molar-refractivity contribution in [2.45, 2.75) is 58.0 Å². The first-order valence-corrected chi connectivity index (χ1v) is 7.19. The molecule has 2 N–H and O–H groups in total. The van der Waals surface area contributed by atoms with E-state index in [9.17, 15) is 0 Å². The summed E-state index contributed by atoms with van der Waals surface area (Å²) in [6.45, 7) is 3.64. The third-order valence-corrected chi connectivity index (χ3v) is 4.91. The SMILES string of the molecule is CC1CCCC1Cn1ccc2c1CCCC2N. The summed E-state index contributed by atoms with van der Waals surface area (Å²) in [7, 11) is 0. The molecule has 0 bridgehead atoms. The Labute approximate surface area is 104 Å². The first kappa shape index (κ1) is 11.3. The van der Waals surface area contributed by atoms with Gasteiger partial charge in [-0.15, -0.1) is 0 Å². The van der Waals surface area contributed by atoms with Gasteiger partial charge in [-0.25, -0.2) is 0 Å². The van der Waals surface area contributed by atoms with E-state index >= 15 is 0 Å². The summed E-state index contributed by atoms with van der Waals surface area (Å²) in [4.78, 5) is 0. The first-order chi connectivity index (χ1) is 8.25. The minimum Gasteiger partial charge on any atom is -0.351 e. The Morgan fingerprint density at radius 1 is 1.29 bits per heavy atom. The van der Waals surface area contributed by atoms with Gasteiger partial charge in [0.25, 0.3) is 0 Å². The average Bonchev–Trinajstić information content (AvgIpc) is 2.89. The van der Waals surface area contributed by atoms with Crippen LogP contribution in [0.5, 0.6) is 0 Å². The molecule has 1 aromatic heterocycles. The summed E-state index contributed by atoms with van der Waals surface area (Å²) in [6.07, 6.45) is 10.2. The predicted molar refractivity (Wildman–Crippen MR) is 70.8 cm³/mol. The monoisotopic (exact) mass is 232 g/mol. The van der Waals surface area contributed by atoms with Gasteiger partial charge in [-0.3, -0.25) is 0 Å². The molecule has 1 saturated carbocycles. The van der Waals surface area contributed by atoms with E-state index in [1.165, 1.54) is 49.9 Å². The fourth-order valence-electron chi connectivity index (χ4n) is 3.71. The van der Waals surface area contributed by atoms with Crippen molar-refractivity contribution in [3.05, 3.63) is 23.5 Å². The lowest BCUT2D eigenvalue weighted by Gasteiger charge is -2.23. The fourth-order valence-corrected chi connectivity index (χ4v) is 3.71. The number of aromatic nitrogens is 1. The van der Waals surface area contributed by atoms with E-state index in [1.54, 1.807) is 0 Å². The first-order valence-electron chi connectivity index (χ1n) is 7.19. The average molecular weight is 232 g/mol. The second-order valence-electron chi connectivity index (χ2n) is 6.04. The van der Waals surface area contributed by atoms with Crippen LogP contribution in [0.2, 0.25) is 0 Å². The zero-order valence-corrected chi connectivity index (χ0v) is 10.9. The van der Waals surface area contributed by atoms with Gasteiger partial charge >= 0.3 is 0 Å². The molecule has 0 amide bonds. The van der Waals surface area contributed by atoms with Crippen LogP contribution < -0.4 is 5.73 Å². The second kappa shape index (κ2) is 4.49. The van der Waals surface area contributed by atoms with Gasteiger partial charge in [-0.1, -0.05) is 19.8 Å². The Hall–Kier alpha value is -0.760. The van der Waals surface area contributed by atoms with Crippen molar-refractivity contribution in [1.82, 2.24) is 4.57 Å². The molecule has 3 atom stereocenters. The normalized spacial score (nSPS) is 32.7. The summed E-state index contributed by atoms with van der Waals surface area (Å²) >= 11 is 0. The van der Waals surface area contributed by atoms with Crippen molar-refractivity contribution >= 4 is 0 Å². The Bertz CT molecular complexity index is 394. The summed E-state index contributed by atoms with van der Waals surface area (Å²) in [5.41, 5.74) is 9.13. The lowest BCUT2D eigenvalue weighted by atomic mass is 9.93. The van der Waals surface area contributed by atoms with E-state index in [0.717, 1.165) is 18.3 Å². The molecule has 0 aromatic carbocycles. The lowest BCUT2D eigenvalue weighted by molar-refractivity contribution is 0.357. The highest BCUT2D eigenvalue weighted by molar-refractivity contribution is 5.28. The van der Waals surface area contributed by atoms with E-state index in [1.807, 2.05) is 0 Å². The van der Waals surface area contributed by atoms with Gasteiger partial charge in [0.15, 0.2) is 0 Å². The van der Waals surface area contributed by atoms with E-state index < -0.39 is 0 Å². The minimum atomic E-state index is 0.293. The molecule has 2 aliphatic carbocycles. The quantitative estimate of drug-likeness (QED) is 0.833. The fraction of sp³-hybridized carbons (Fsp3) is 0.733. The number of hydrogen-bond acceptors (Lipinski definition) is 1. The van der Waals surface area contributed by atoms with Crippen LogP contribution in [0, 0.1) is 11.8 Å². The van der Waals surface area contributed by atoms with Crippen LogP contribution in [0.1, 0.15) is 56.3 Å². The molecule has 0 saturated heterocycles. The maximum atomic E-state index is 6.18. The molecule has 2 heteroatoms. The van der Waals surface area contributed by atoms with Crippen LogP contribution in [0.25, 0.3) is 0 Å². The van der Waals surface area contributed by atoms with E-state index in [2.05, 4.69) is 23.8 Å². The van der Waals surface area contributed by atoms with Gasteiger partial charge in [-0.05, 0) is 49.1 Å². The standard InChI is InChI=1S/C15H24N2/c1-11-4-2-5-12(11)10-17-9-8-13-14(16)6-3-7-15(13)17/h8-9,11-12,14H,2-7,10,16H2,1H3. The van der Waals surface area contributed by atoms with Crippen molar-refractivity contribution in [3.8, 4) is 0 Å². The molecule has 17 heavy (non-hydrogen) atoms. The van der Waals surface area contributed by atoms with E-state index in [-0.39, 0.29) is 0 Å². The molecule has 1 fully saturated rings. The summed E-state index contributed by atoms with van der Waals surface area (Å²) in [5.74, 6) is 1.80. The summed E-state index contributed by atoms with van der Waals surface area (Å²) in [6, 6.07) is 2.56. The molecule has 0 radical (unpaired) electrons. The largest absolute Gasteiger partial charge is 0.351 e. The van der Waals surface area contributed by atoms with Crippen LogP contribution >= 0.6 is 0 Å². The molecule has 3 rings (SSSR count). The Balaban J connectivity index is 1.79. The smallest absolute Gasteiger partial charge is 0.0312 e. The molecule has 1 aromatic rings. The van der Waals surface area contributed by atoms with Crippen LogP contribution in [0.4, 0.5) is 0 Å². The third-order valence-electron chi connectivity index (χ3n) is 4.91. The summed E-state index contributed by atoms with van der Waals surface area (Å²) < 4.78 is 2.50. The van der Waals surface area contributed by atoms with Crippen LogP contribution in [-0.4, -0.2) is 4.57 Å². The van der Waals surface area contributed by atoms with Crippen LogP contribution in [-0.2, 0) is 13.0 Å². The summed E-state index contributed by atoms with van der Waals surface area (Å²) in [5, 5.41) is 0. The number of nitrogens with two attached hydrogens (primary N) is 1. The number of fused-ring (bicyclic) bond motifs is 1. The molecular formula is C15H24N2. The molecule has 3 unspecified atom stereocenters. The van der Waals surface area contributed by atoms with Gasteiger partial charge in [0, 0.05) is 24.5 Å². The van der Waals surface area contributed by atoms with E-state index in [0.29, 0.717) is 6.04 Å². The molecule has 1 heterocycles. The van der Waals surface area contributed by atoms with Gasteiger partial charge in [0.2, 0.25) is 0 Å². The number of hydrogen-bond donors (Lipinski definition) is 1. The zero-order chi connectivity index (χ0) is 11.8. The van der Waals surface area contributed by atoms with Gasteiger partial charge in [0.05, 0.1) is 0 Å². The second-order valence-corrected chi connectivity index (χ2v) is 6.04. The lowest BCUT2D eigenvalue weighted by Crippen LogP contribution is -2.20. The highest BCUT2D eigenvalue weighted by atomic mass is 15.0. The Morgan fingerprint density at radius 3 is 2.94 bits per heavy atom. The number of nitrogens with zero attached hydrogens (tertiary/aromatic N) is 1. The zero-order valence-electron chi connectivity index (χ0n) is 10.9. The van der Waals surface area contributed by atoms with Gasteiger partial charge in [-0.2, -0.15) is 0 Å². The predicted octanol–water partition coefficient (Wildman–Crippen LogP) is 3.26. The number of rotatable bonds is 2.